The van der Waals surface area contributed by atoms with Crippen LogP contribution in [0.5, 0.6) is 11.5 Å². The van der Waals surface area contributed by atoms with Gasteiger partial charge < -0.3 is 29.4 Å². The molecule has 8 nitrogen and oxygen atoms in total. The van der Waals surface area contributed by atoms with Gasteiger partial charge in [0.1, 0.15) is 0 Å². The molecular weight excluding hydrogens is 466 g/mol. The molecule has 2 aromatic carbocycles. The first-order valence-electron chi connectivity index (χ1n) is 11.7. The molecule has 2 heterocycles. The Morgan fingerprint density at radius 1 is 1.14 bits per heavy atom. The fourth-order valence-electron chi connectivity index (χ4n) is 4.77. The predicted molar refractivity (Wildman–Crippen MR) is 137 cm³/mol. The van der Waals surface area contributed by atoms with Gasteiger partial charge in [-0.05, 0) is 49.3 Å². The van der Waals surface area contributed by atoms with Gasteiger partial charge in [-0.15, -0.1) is 0 Å². The molecular formula is C26H27N3O5S. The number of hydrogen-bond donors (Lipinski definition) is 2. The number of benzene rings is 2. The van der Waals surface area contributed by atoms with Crippen LogP contribution < -0.4 is 20.3 Å². The molecule has 1 saturated carbocycles. The van der Waals surface area contributed by atoms with Crippen LogP contribution in [0.15, 0.2) is 47.3 Å². The monoisotopic (exact) mass is 493 g/mol. The van der Waals surface area contributed by atoms with E-state index in [0.717, 1.165) is 31.1 Å². The van der Waals surface area contributed by atoms with Crippen LogP contribution in [-0.2, 0) is 11.3 Å². The molecule has 2 aliphatic rings. The highest BCUT2D eigenvalue weighted by Crippen LogP contribution is 2.35. The highest BCUT2D eigenvalue weighted by atomic mass is 32.1. The molecule has 3 aromatic rings. The fraction of sp³-hybridized carbons (Fsp3) is 0.346. The molecule has 5 rings (SSSR count). The molecule has 0 radical (unpaired) electrons. The van der Waals surface area contributed by atoms with Crippen LogP contribution in [0.1, 0.15) is 48.0 Å². The van der Waals surface area contributed by atoms with Crippen LogP contribution in [-0.4, -0.2) is 40.9 Å². The second-order valence-electron chi connectivity index (χ2n) is 8.80. The Morgan fingerprint density at radius 3 is 2.66 bits per heavy atom. The average molecular weight is 494 g/mol. The SMILES string of the molecule is COC(=O)c1ccccc1NC(=S)N(Cc1cc2cc3c(cc2[nH]c1=O)OCO3)C1CCCCC1. The number of pyridine rings is 1. The van der Waals surface area contributed by atoms with Gasteiger partial charge in [-0.1, -0.05) is 31.4 Å². The molecule has 182 valence electrons. The van der Waals surface area contributed by atoms with Crippen LogP contribution in [0.2, 0.25) is 0 Å². The number of aromatic amines is 1. The molecule has 0 atom stereocenters. The Kier molecular flexibility index (Phi) is 6.59. The Labute approximate surface area is 208 Å². The van der Waals surface area contributed by atoms with Crippen molar-refractivity contribution in [2.24, 2.45) is 0 Å². The number of carbonyl (C=O) groups is 1. The number of carbonyl (C=O) groups excluding carboxylic acids is 1. The molecule has 9 heteroatoms. The number of thiocarbonyl (C=S) groups is 1. The van der Waals surface area contributed by atoms with Crippen molar-refractivity contribution in [3.8, 4) is 11.5 Å². The third-order valence-corrected chi connectivity index (χ3v) is 6.94. The highest BCUT2D eigenvalue weighted by molar-refractivity contribution is 7.80. The van der Waals surface area contributed by atoms with Gasteiger partial charge in [0.2, 0.25) is 6.79 Å². The Hall–Kier alpha value is -3.59. The molecule has 35 heavy (non-hydrogen) atoms. The lowest BCUT2D eigenvalue weighted by Gasteiger charge is -2.36. The number of hydrogen-bond acceptors (Lipinski definition) is 6. The Bertz CT molecular complexity index is 1330. The Balaban J connectivity index is 1.46. The van der Waals surface area contributed by atoms with Crippen molar-refractivity contribution in [2.45, 2.75) is 44.7 Å². The number of nitrogens with zero attached hydrogens (tertiary/aromatic N) is 1. The molecule has 0 amide bonds. The van der Waals surface area contributed by atoms with Gasteiger partial charge in [-0.25, -0.2) is 4.79 Å². The van der Waals surface area contributed by atoms with E-state index in [4.69, 9.17) is 26.4 Å². The zero-order chi connectivity index (χ0) is 24.4. The standard InChI is InChI=1S/C26H27N3O5S/c1-32-25(31)19-9-5-6-10-20(19)28-26(35)29(18-7-3-2-4-8-18)14-17-11-16-12-22-23(34-15-33-22)13-21(16)27-24(17)30/h5-6,9-13,18H,2-4,7-8,14-15H2,1H3,(H,27,30)(H,28,35). The van der Waals surface area contributed by atoms with E-state index in [1.165, 1.54) is 13.5 Å². The summed E-state index contributed by atoms with van der Waals surface area (Å²) in [4.78, 5) is 30.3. The van der Waals surface area contributed by atoms with E-state index < -0.39 is 5.97 Å². The number of rotatable bonds is 5. The maximum absolute atomic E-state index is 13.0. The fourth-order valence-corrected chi connectivity index (χ4v) is 5.09. The summed E-state index contributed by atoms with van der Waals surface area (Å²) in [5.41, 5.74) is 2.10. The molecule has 0 bridgehead atoms. The van der Waals surface area contributed by atoms with E-state index in [2.05, 4.69) is 15.2 Å². The minimum absolute atomic E-state index is 0.171. The summed E-state index contributed by atoms with van der Waals surface area (Å²) in [7, 11) is 1.35. The number of anilines is 1. The van der Waals surface area contributed by atoms with Crippen LogP contribution >= 0.6 is 12.2 Å². The maximum atomic E-state index is 13.0. The predicted octanol–water partition coefficient (Wildman–Crippen LogP) is 4.58. The lowest BCUT2D eigenvalue weighted by molar-refractivity contribution is 0.0602. The number of esters is 1. The summed E-state index contributed by atoms with van der Waals surface area (Å²) in [6.07, 6.45) is 5.40. The Morgan fingerprint density at radius 2 is 1.89 bits per heavy atom. The second kappa shape index (κ2) is 9.95. The summed E-state index contributed by atoms with van der Waals surface area (Å²) >= 11 is 5.84. The highest BCUT2D eigenvalue weighted by Gasteiger charge is 2.26. The zero-order valence-corrected chi connectivity index (χ0v) is 20.3. The number of nitrogens with one attached hydrogen (secondary N) is 2. The molecule has 1 aliphatic carbocycles. The lowest BCUT2D eigenvalue weighted by Crippen LogP contribution is -2.44. The minimum Gasteiger partial charge on any atom is -0.465 e. The first-order valence-corrected chi connectivity index (χ1v) is 12.1. The average Bonchev–Trinajstić information content (AvgIpc) is 3.33. The topological polar surface area (TPSA) is 92.9 Å². The van der Waals surface area contributed by atoms with Gasteiger partial charge in [0.25, 0.3) is 5.56 Å². The van der Waals surface area contributed by atoms with E-state index >= 15 is 0 Å². The van der Waals surface area contributed by atoms with Crippen molar-refractivity contribution in [3.63, 3.8) is 0 Å². The van der Waals surface area contributed by atoms with E-state index in [1.807, 2.05) is 18.2 Å². The van der Waals surface area contributed by atoms with E-state index in [9.17, 15) is 9.59 Å². The summed E-state index contributed by atoms with van der Waals surface area (Å²) in [5, 5.41) is 4.58. The van der Waals surface area contributed by atoms with Gasteiger partial charge in [0, 0.05) is 23.1 Å². The van der Waals surface area contributed by atoms with Crippen molar-refractivity contribution < 1.29 is 19.0 Å². The van der Waals surface area contributed by atoms with Gasteiger partial charge >= 0.3 is 5.97 Å². The molecule has 0 spiro atoms. The number of H-pyrrole nitrogens is 1. The van der Waals surface area contributed by atoms with Crippen LogP contribution in [0.25, 0.3) is 10.9 Å². The summed E-state index contributed by atoms with van der Waals surface area (Å²) in [5.74, 6) is 0.848. The van der Waals surface area contributed by atoms with Crippen molar-refractivity contribution in [1.29, 1.82) is 0 Å². The van der Waals surface area contributed by atoms with E-state index in [-0.39, 0.29) is 18.4 Å². The number of ether oxygens (including phenoxy) is 3. The third kappa shape index (κ3) is 4.81. The normalized spacial score (nSPS) is 15.1. The first kappa shape index (κ1) is 23.2. The van der Waals surface area contributed by atoms with Gasteiger partial charge in [-0.2, -0.15) is 0 Å². The molecule has 1 aliphatic heterocycles. The van der Waals surface area contributed by atoms with Crippen LogP contribution in [0.3, 0.4) is 0 Å². The number of fused-ring (bicyclic) bond motifs is 2. The summed E-state index contributed by atoms with van der Waals surface area (Å²) in [6.45, 7) is 0.516. The molecule has 1 fully saturated rings. The second-order valence-corrected chi connectivity index (χ2v) is 9.19. The van der Waals surface area contributed by atoms with Gasteiger partial charge in [-0.3, -0.25) is 4.79 Å². The third-order valence-electron chi connectivity index (χ3n) is 6.61. The number of methoxy groups -OCH3 is 1. The van der Waals surface area contributed by atoms with Crippen LogP contribution in [0, 0.1) is 0 Å². The molecule has 0 saturated heterocycles. The maximum Gasteiger partial charge on any atom is 0.339 e. The van der Waals surface area contributed by atoms with Crippen molar-refractivity contribution in [3.05, 3.63) is 63.9 Å². The number of aromatic nitrogens is 1. The first-order chi connectivity index (χ1) is 17.0. The summed E-state index contributed by atoms with van der Waals surface area (Å²) in [6, 6.07) is 12.9. The van der Waals surface area contributed by atoms with E-state index in [0.29, 0.717) is 45.5 Å². The largest absolute Gasteiger partial charge is 0.465 e. The lowest BCUT2D eigenvalue weighted by atomic mass is 9.94. The summed E-state index contributed by atoms with van der Waals surface area (Å²) < 4.78 is 15.9. The van der Waals surface area contributed by atoms with E-state index in [1.54, 1.807) is 24.3 Å². The van der Waals surface area contributed by atoms with Crippen molar-refractivity contribution in [1.82, 2.24) is 9.88 Å². The van der Waals surface area contributed by atoms with Gasteiger partial charge in [0.05, 0.1) is 30.4 Å². The number of para-hydroxylation sites is 1. The molecule has 0 unspecified atom stereocenters. The quantitative estimate of drug-likeness (QED) is 0.394. The minimum atomic E-state index is -0.440. The van der Waals surface area contributed by atoms with Crippen molar-refractivity contribution in [2.75, 3.05) is 19.2 Å². The zero-order valence-electron chi connectivity index (χ0n) is 19.5. The van der Waals surface area contributed by atoms with Gasteiger partial charge in [0.15, 0.2) is 16.6 Å². The smallest absolute Gasteiger partial charge is 0.339 e. The van der Waals surface area contributed by atoms with Crippen LogP contribution in [0.4, 0.5) is 5.69 Å². The van der Waals surface area contributed by atoms with Crippen molar-refractivity contribution >= 4 is 39.9 Å². The molecule has 1 aromatic heterocycles. The molecule has 2 N–H and O–H groups in total.